The van der Waals surface area contributed by atoms with Crippen LogP contribution in [0.3, 0.4) is 0 Å². The van der Waals surface area contributed by atoms with Gasteiger partial charge in [-0.15, -0.1) is 0 Å². The van der Waals surface area contributed by atoms with E-state index < -0.39 is 4.92 Å². The molecule has 0 aliphatic carbocycles. The van der Waals surface area contributed by atoms with E-state index in [2.05, 4.69) is 12.2 Å². The van der Waals surface area contributed by atoms with Gasteiger partial charge in [-0.2, -0.15) is 0 Å². The van der Waals surface area contributed by atoms with Gasteiger partial charge in [-0.25, -0.2) is 0 Å². The maximum Gasteiger partial charge on any atom is 0.269 e. The van der Waals surface area contributed by atoms with Crippen molar-refractivity contribution in [1.82, 2.24) is 5.32 Å². The number of nitro benzene ring substituents is 1. The van der Waals surface area contributed by atoms with Crippen LogP contribution in [0.15, 0.2) is 36.4 Å². The summed E-state index contributed by atoms with van der Waals surface area (Å²) in [7, 11) is 0. The Bertz CT molecular complexity index is 750. The Hall–Kier alpha value is -2.31. The average Bonchev–Trinajstić information content (AvgIpc) is 2.66. The number of nitrogens with one attached hydrogen (secondary N) is 1. The Balaban J connectivity index is 2.07. The molecule has 0 aromatic heterocycles. The summed E-state index contributed by atoms with van der Waals surface area (Å²) in [5, 5.41) is 14.7. The highest BCUT2D eigenvalue weighted by atomic mass is 35.5. The zero-order valence-corrected chi connectivity index (χ0v) is 16.4. The lowest BCUT2D eigenvalue weighted by molar-refractivity contribution is -0.384. The Morgan fingerprint density at radius 2 is 1.81 bits per heavy atom. The molecule has 6 nitrogen and oxygen atoms in total. The first-order chi connectivity index (χ1) is 13.0. The van der Waals surface area contributed by atoms with Crippen molar-refractivity contribution in [3.05, 3.63) is 62.7 Å². The third kappa shape index (κ3) is 6.41. The van der Waals surface area contributed by atoms with Crippen LogP contribution in [-0.2, 0) is 13.2 Å². The number of halogens is 1. The van der Waals surface area contributed by atoms with Crippen molar-refractivity contribution in [2.75, 3.05) is 13.2 Å². The third-order valence-electron chi connectivity index (χ3n) is 3.98. The van der Waals surface area contributed by atoms with Gasteiger partial charge in [0.15, 0.2) is 11.5 Å². The van der Waals surface area contributed by atoms with Crippen molar-refractivity contribution in [2.24, 2.45) is 0 Å². The fourth-order valence-corrected chi connectivity index (χ4v) is 2.71. The lowest BCUT2D eigenvalue weighted by Crippen LogP contribution is -2.15. The molecule has 0 heterocycles. The molecule has 7 heteroatoms. The van der Waals surface area contributed by atoms with Gasteiger partial charge < -0.3 is 14.8 Å². The minimum Gasteiger partial charge on any atom is -0.490 e. The second-order valence-electron chi connectivity index (χ2n) is 6.07. The number of nitrogens with zero attached hydrogens (tertiary/aromatic N) is 1. The summed E-state index contributed by atoms with van der Waals surface area (Å²) in [5.74, 6) is 1.19. The second-order valence-corrected chi connectivity index (χ2v) is 6.47. The van der Waals surface area contributed by atoms with Crippen LogP contribution in [0.5, 0.6) is 11.5 Å². The molecule has 0 bridgehead atoms. The van der Waals surface area contributed by atoms with Crippen LogP contribution in [0.4, 0.5) is 5.69 Å². The van der Waals surface area contributed by atoms with Crippen molar-refractivity contribution in [1.29, 1.82) is 0 Å². The summed E-state index contributed by atoms with van der Waals surface area (Å²) in [5.41, 5.74) is 1.83. The summed E-state index contributed by atoms with van der Waals surface area (Å²) < 4.78 is 11.6. The quantitative estimate of drug-likeness (QED) is 0.326. The molecule has 1 N–H and O–H groups in total. The number of non-ortho nitro benzene ring substituents is 1. The molecular formula is C20H25ClN2O4. The number of hydrogen-bond acceptors (Lipinski definition) is 5. The monoisotopic (exact) mass is 392 g/mol. The molecule has 0 unspecified atom stereocenters. The molecule has 2 aromatic carbocycles. The van der Waals surface area contributed by atoms with Gasteiger partial charge in [-0.1, -0.05) is 24.9 Å². The van der Waals surface area contributed by atoms with Crippen molar-refractivity contribution < 1.29 is 14.4 Å². The highest BCUT2D eigenvalue weighted by Crippen LogP contribution is 2.34. The number of rotatable bonds is 11. The van der Waals surface area contributed by atoms with Gasteiger partial charge in [0.25, 0.3) is 5.69 Å². The van der Waals surface area contributed by atoms with Gasteiger partial charge in [0, 0.05) is 29.8 Å². The first-order valence-electron chi connectivity index (χ1n) is 9.07. The van der Waals surface area contributed by atoms with Crippen LogP contribution in [-0.4, -0.2) is 18.1 Å². The van der Waals surface area contributed by atoms with Crippen molar-refractivity contribution in [3.8, 4) is 11.5 Å². The number of hydrogen-bond donors (Lipinski definition) is 1. The summed E-state index contributed by atoms with van der Waals surface area (Å²) in [6.07, 6.45) is 2.26. The van der Waals surface area contributed by atoms with Gasteiger partial charge in [0.2, 0.25) is 0 Å². The van der Waals surface area contributed by atoms with E-state index >= 15 is 0 Å². The molecule has 0 aliphatic rings. The highest BCUT2D eigenvalue weighted by molar-refractivity contribution is 6.31. The molecule has 0 saturated carbocycles. The lowest BCUT2D eigenvalue weighted by Gasteiger charge is -2.15. The Kier molecular flexibility index (Phi) is 8.36. The SMILES string of the molecule is CCCCNCc1cc(OCC)c(OCc2ccc([N+](=O)[O-])cc2)cc1Cl. The summed E-state index contributed by atoms with van der Waals surface area (Å²) in [6, 6.07) is 9.92. The van der Waals surface area contributed by atoms with Crippen molar-refractivity contribution in [3.63, 3.8) is 0 Å². The van der Waals surface area contributed by atoms with Crippen LogP contribution in [0.1, 0.15) is 37.8 Å². The molecule has 0 aliphatic heterocycles. The van der Waals surface area contributed by atoms with Crippen LogP contribution in [0.25, 0.3) is 0 Å². The minimum atomic E-state index is -0.426. The number of nitro groups is 1. The van der Waals surface area contributed by atoms with Gasteiger partial charge in [-0.3, -0.25) is 10.1 Å². The average molecular weight is 393 g/mol. The van der Waals surface area contributed by atoms with Gasteiger partial charge >= 0.3 is 0 Å². The van der Waals surface area contributed by atoms with E-state index in [1.807, 2.05) is 13.0 Å². The molecule has 0 fully saturated rings. The molecule has 0 radical (unpaired) electrons. The molecular weight excluding hydrogens is 368 g/mol. The minimum absolute atomic E-state index is 0.0525. The molecule has 2 aromatic rings. The summed E-state index contributed by atoms with van der Waals surface area (Å²) >= 11 is 6.40. The Morgan fingerprint density at radius 3 is 2.44 bits per heavy atom. The largest absolute Gasteiger partial charge is 0.490 e. The maximum atomic E-state index is 10.7. The number of unbranched alkanes of at least 4 members (excludes halogenated alkanes) is 1. The first-order valence-corrected chi connectivity index (χ1v) is 9.45. The van der Waals surface area contributed by atoms with E-state index in [4.69, 9.17) is 21.1 Å². The van der Waals surface area contributed by atoms with Crippen LogP contribution in [0, 0.1) is 10.1 Å². The molecule has 27 heavy (non-hydrogen) atoms. The molecule has 2 rings (SSSR count). The zero-order valence-electron chi connectivity index (χ0n) is 15.7. The van der Waals surface area contributed by atoms with Crippen LogP contribution >= 0.6 is 11.6 Å². The standard InChI is InChI=1S/C20H25ClN2O4/c1-3-5-10-22-13-16-11-19(26-4-2)20(12-18(16)21)27-14-15-6-8-17(9-7-15)23(24)25/h6-9,11-12,22H,3-5,10,13-14H2,1-2H3. The Morgan fingerprint density at radius 1 is 1.11 bits per heavy atom. The topological polar surface area (TPSA) is 73.6 Å². The lowest BCUT2D eigenvalue weighted by atomic mass is 10.2. The van der Waals surface area contributed by atoms with Crippen LogP contribution < -0.4 is 14.8 Å². The molecule has 0 spiro atoms. The van der Waals surface area contributed by atoms with Gasteiger partial charge in [0.05, 0.1) is 11.5 Å². The maximum absolute atomic E-state index is 10.7. The van der Waals surface area contributed by atoms with Gasteiger partial charge in [-0.05, 0) is 49.2 Å². The fourth-order valence-electron chi connectivity index (χ4n) is 2.49. The van der Waals surface area contributed by atoms with E-state index in [0.29, 0.717) is 29.7 Å². The first kappa shape index (κ1) is 21.0. The van der Waals surface area contributed by atoms with E-state index in [9.17, 15) is 10.1 Å². The van der Waals surface area contributed by atoms with Crippen molar-refractivity contribution in [2.45, 2.75) is 39.8 Å². The number of benzene rings is 2. The van der Waals surface area contributed by atoms with E-state index in [1.165, 1.54) is 12.1 Å². The zero-order chi connectivity index (χ0) is 19.6. The van der Waals surface area contributed by atoms with E-state index in [0.717, 1.165) is 30.5 Å². The Labute approximate surface area is 164 Å². The van der Waals surface area contributed by atoms with E-state index in [1.54, 1.807) is 18.2 Å². The molecule has 0 amide bonds. The predicted molar refractivity (Wildman–Crippen MR) is 107 cm³/mol. The third-order valence-corrected chi connectivity index (χ3v) is 4.33. The summed E-state index contributed by atoms with van der Waals surface area (Å²) in [6.45, 7) is 6.45. The number of ether oxygens (including phenoxy) is 2. The normalized spacial score (nSPS) is 10.6. The van der Waals surface area contributed by atoms with E-state index in [-0.39, 0.29) is 12.3 Å². The second kappa shape index (κ2) is 10.7. The molecule has 0 saturated heterocycles. The van der Waals surface area contributed by atoms with Crippen molar-refractivity contribution >= 4 is 17.3 Å². The van der Waals surface area contributed by atoms with Crippen LogP contribution in [0.2, 0.25) is 5.02 Å². The summed E-state index contributed by atoms with van der Waals surface area (Å²) in [4.78, 5) is 10.3. The molecule has 0 atom stereocenters. The predicted octanol–water partition coefficient (Wildman–Crippen LogP) is 5.12. The molecule has 146 valence electrons. The fraction of sp³-hybridized carbons (Fsp3) is 0.400. The highest BCUT2D eigenvalue weighted by Gasteiger charge is 2.12. The smallest absolute Gasteiger partial charge is 0.269 e. The van der Waals surface area contributed by atoms with Gasteiger partial charge in [0.1, 0.15) is 6.61 Å².